The van der Waals surface area contributed by atoms with Crippen molar-refractivity contribution in [3.63, 3.8) is 0 Å². The highest BCUT2D eigenvalue weighted by Crippen LogP contribution is 2.10. The minimum atomic E-state index is -4.03. The molecule has 0 saturated carbocycles. The highest BCUT2D eigenvalue weighted by atomic mass is 35.5. The Labute approximate surface area is 103 Å². The van der Waals surface area contributed by atoms with Crippen LogP contribution in [0.1, 0.15) is 6.92 Å². The lowest BCUT2D eigenvalue weighted by atomic mass is 10.4. The van der Waals surface area contributed by atoms with Gasteiger partial charge in [0, 0.05) is 0 Å². The number of hydrogen-bond donors (Lipinski definition) is 2. The predicted octanol–water partition coefficient (Wildman–Crippen LogP) is 1.14. The Morgan fingerprint density at radius 1 is 1.53 bits per heavy atom. The van der Waals surface area contributed by atoms with E-state index in [4.69, 9.17) is 11.6 Å². The summed E-state index contributed by atoms with van der Waals surface area (Å²) in [5, 5.41) is 0.228. The van der Waals surface area contributed by atoms with Crippen LogP contribution in [0.25, 0.3) is 0 Å². The fourth-order valence-electron chi connectivity index (χ4n) is 0.887. The number of nitrogens with one attached hydrogen (secondary N) is 2. The first-order chi connectivity index (χ1) is 7.93. The number of aromatic nitrogens is 1. The zero-order valence-corrected chi connectivity index (χ0v) is 10.4. The van der Waals surface area contributed by atoms with E-state index in [2.05, 4.69) is 14.4 Å². The van der Waals surface area contributed by atoms with Crippen molar-refractivity contribution in [3.05, 3.63) is 23.5 Å². The molecule has 94 valence electrons. The van der Waals surface area contributed by atoms with Crippen molar-refractivity contribution in [1.82, 2.24) is 9.71 Å². The van der Waals surface area contributed by atoms with E-state index in [-0.39, 0.29) is 17.4 Å². The van der Waals surface area contributed by atoms with E-state index in [0.29, 0.717) is 0 Å². The number of carbonyl (C=O) groups is 1. The number of ether oxygens (including phenoxy) is 1. The van der Waals surface area contributed by atoms with Gasteiger partial charge in [-0.25, -0.2) is 14.5 Å². The molecule has 1 heterocycles. The van der Waals surface area contributed by atoms with Crippen LogP contribution in [0.4, 0.5) is 10.5 Å². The van der Waals surface area contributed by atoms with E-state index < -0.39 is 16.3 Å². The van der Waals surface area contributed by atoms with Gasteiger partial charge in [0.2, 0.25) is 0 Å². The Kier molecular flexibility index (Phi) is 4.53. The molecule has 0 aliphatic heterocycles. The fraction of sp³-hybridized carbons (Fsp3) is 0.250. The van der Waals surface area contributed by atoms with E-state index in [1.807, 2.05) is 0 Å². The van der Waals surface area contributed by atoms with Crippen molar-refractivity contribution in [2.24, 2.45) is 0 Å². The van der Waals surface area contributed by atoms with Crippen molar-refractivity contribution in [3.8, 4) is 0 Å². The van der Waals surface area contributed by atoms with E-state index in [1.54, 1.807) is 11.6 Å². The molecule has 0 bridgehead atoms. The summed E-state index contributed by atoms with van der Waals surface area (Å²) < 4.78 is 30.9. The van der Waals surface area contributed by atoms with Gasteiger partial charge in [-0.05, 0) is 19.1 Å². The van der Waals surface area contributed by atoms with Crippen molar-refractivity contribution in [2.45, 2.75) is 6.92 Å². The second kappa shape index (κ2) is 5.69. The van der Waals surface area contributed by atoms with Gasteiger partial charge in [0.05, 0.1) is 18.5 Å². The number of pyridine rings is 1. The molecule has 1 aromatic rings. The first-order valence-electron chi connectivity index (χ1n) is 4.52. The number of carbonyl (C=O) groups excluding carboxylic acids is 1. The molecule has 0 spiro atoms. The lowest BCUT2D eigenvalue weighted by molar-refractivity contribution is 0.159. The summed E-state index contributed by atoms with van der Waals surface area (Å²) in [6.07, 6.45) is 0.161. The molecule has 1 aromatic heterocycles. The van der Waals surface area contributed by atoms with Gasteiger partial charge >= 0.3 is 16.3 Å². The molecule has 0 radical (unpaired) electrons. The summed E-state index contributed by atoms with van der Waals surface area (Å²) in [5.41, 5.74) is 0.172. The van der Waals surface area contributed by atoms with E-state index in [0.717, 1.165) is 0 Å². The highest BCUT2D eigenvalue weighted by molar-refractivity contribution is 7.91. The smallest absolute Gasteiger partial charge is 0.422 e. The standard InChI is InChI=1S/C8H10ClN3O4S/c1-2-16-8(13)12-17(14,15)11-6-3-4-7(9)10-5-6/h3-5,11H,2H2,1H3,(H,12,13). The normalized spacial score (nSPS) is 10.7. The molecular formula is C8H10ClN3O4S. The summed E-state index contributed by atoms with van der Waals surface area (Å²) in [6, 6.07) is 2.81. The lowest BCUT2D eigenvalue weighted by Crippen LogP contribution is -2.35. The summed E-state index contributed by atoms with van der Waals surface area (Å²) in [5.74, 6) is 0. The highest BCUT2D eigenvalue weighted by Gasteiger charge is 2.14. The summed E-state index contributed by atoms with van der Waals surface area (Å²) in [7, 11) is -4.03. The fourth-order valence-corrected chi connectivity index (χ4v) is 1.76. The number of halogens is 1. The summed E-state index contributed by atoms with van der Waals surface area (Å²) in [4.78, 5) is 14.6. The van der Waals surface area contributed by atoms with Crippen LogP contribution in [-0.4, -0.2) is 26.1 Å². The van der Waals surface area contributed by atoms with Gasteiger partial charge in [-0.3, -0.25) is 4.72 Å². The largest absolute Gasteiger partial charge is 0.449 e. The van der Waals surface area contributed by atoms with Crippen LogP contribution in [0, 0.1) is 0 Å². The molecule has 0 fully saturated rings. The molecule has 7 nitrogen and oxygen atoms in total. The van der Waals surface area contributed by atoms with Crippen LogP contribution >= 0.6 is 11.6 Å². The van der Waals surface area contributed by atoms with Crippen LogP contribution in [0.15, 0.2) is 18.3 Å². The summed E-state index contributed by atoms with van der Waals surface area (Å²) >= 11 is 5.53. The number of anilines is 1. The number of nitrogens with zero attached hydrogens (tertiary/aromatic N) is 1. The number of rotatable bonds is 4. The van der Waals surface area contributed by atoms with Gasteiger partial charge < -0.3 is 4.74 Å². The van der Waals surface area contributed by atoms with Gasteiger partial charge in [-0.2, -0.15) is 8.42 Å². The van der Waals surface area contributed by atoms with E-state index >= 15 is 0 Å². The molecule has 17 heavy (non-hydrogen) atoms. The maximum atomic E-state index is 11.4. The van der Waals surface area contributed by atoms with Crippen LogP contribution in [0.2, 0.25) is 5.15 Å². The third-order valence-electron chi connectivity index (χ3n) is 1.47. The van der Waals surface area contributed by atoms with Gasteiger partial charge in [0.15, 0.2) is 0 Å². The summed E-state index contributed by atoms with van der Waals surface area (Å²) in [6.45, 7) is 1.63. The van der Waals surface area contributed by atoms with Gasteiger partial charge in [-0.1, -0.05) is 11.6 Å². The molecule has 0 atom stereocenters. The second-order valence-electron chi connectivity index (χ2n) is 2.80. The average Bonchev–Trinajstić information content (AvgIpc) is 2.20. The second-order valence-corrected chi connectivity index (χ2v) is 4.60. The average molecular weight is 280 g/mol. The van der Waals surface area contributed by atoms with Crippen molar-refractivity contribution >= 4 is 33.6 Å². The minimum Gasteiger partial charge on any atom is -0.449 e. The minimum absolute atomic E-state index is 0.0733. The van der Waals surface area contributed by atoms with Gasteiger partial charge in [-0.15, -0.1) is 0 Å². The van der Waals surface area contributed by atoms with E-state index in [9.17, 15) is 13.2 Å². The van der Waals surface area contributed by atoms with Crippen molar-refractivity contribution in [2.75, 3.05) is 11.3 Å². The molecule has 1 amide bonds. The topological polar surface area (TPSA) is 97.4 Å². The number of amides is 1. The first-order valence-corrected chi connectivity index (χ1v) is 6.38. The van der Waals surface area contributed by atoms with Crippen LogP contribution in [-0.2, 0) is 14.9 Å². The van der Waals surface area contributed by atoms with Crippen LogP contribution in [0.5, 0.6) is 0 Å². The molecule has 2 N–H and O–H groups in total. The zero-order valence-electron chi connectivity index (χ0n) is 8.81. The molecular weight excluding hydrogens is 270 g/mol. The number of hydrogen-bond acceptors (Lipinski definition) is 5. The maximum absolute atomic E-state index is 11.4. The van der Waals surface area contributed by atoms with Crippen molar-refractivity contribution < 1.29 is 17.9 Å². The van der Waals surface area contributed by atoms with Gasteiger partial charge in [0.1, 0.15) is 5.15 Å². The molecule has 0 unspecified atom stereocenters. The monoisotopic (exact) mass is 279 g/mol. The quantitative estimate of drug-likeness (QED) is 0.806. The lowest BCUT2D eigenvalue weighted by Gasteiger charge is -2.08. The molecule has 9 heteroatoms. The van der Waals surface area contributed by atoms with Crippen molar-refractivity contribution in [1.29, 1.82) is 0 Å². The Bertz CT molecular complexity index is 488. The molecule has 0 aliphatic rings. The molecule has 0 aromatic carbocycles. The predicted molar refractivity (Wildman–Crippen MR) is 61.9 cm³/mol. The molecule has 0 aliphatic carbocycles. The van der Waals surface area contributed by atoms with Crippen LogP contribution in [0.3, 0.4) is 0 Å². The van der Waals surface area contributed by atoms with Crippen LogP contribution < -0.4 is 9.44 Å². The SMILES string of the molecule is CCOC(=O)NS(=O)(=O)Nc1ccc(Cl)nc1. The Morgan fingerprint density at radius 2 is 2.24 bits per heavy atom. The Hall–Kier alpha value is -1.54. The zero-order chi connectivity index (χ0) is 12.9. The Morgan fingerprint density at radius 3 is 2.76 bits per heavy atom. The molecule has 0 saturated heterocycles. The van der Waals surface area contributed by atoms with Gasteiger partial charge in [0.25, 0.3) is 0 Å². The molecule has 1 rings (SSSR count). The third-order valence-corrected chi connectivity index (χ3v) is 2.64. The maximum Gasteiger partial charge on any atom is 0.422 e. The Balaban J connectivity index is 2.66. The third kappa shape index (κ3) is 4.87. The van der Waals surface area contributed by atoms with E-state index in [1.165, 1.54) is 18.3 Å². The first kappa shape index (κ1) is 13.5.